The second-order valence-corrected chi connectivity index (χ2v) is 6.01. The van der Waals surface area contributed by atoms with Crippen molar-refractivity contribution >= 4 is 49.7 Å². The highest BCUT2D eigenvalue weighted by Crippen LogP contribution is 2.30. The number of carbonyl (C=O) groups excluding carboxylic acids is 1. The van der Waals surface area contributed by atoms with Gasteiger partial charge in [0.25, 0.3) is 0 Å². The van der Waals surface area contributed by atoms with E-state index in [0.717, 1.165) is 15.9 Å². The molecule has 2 heterocycles. The van der Waals surface area contributed by atoms with E-state index in [0.29, 0.717) is 22.9 Å². The fourth-order valence-corrected chi connectivity index (χ4v) is 3.48. The van der Waals surface area contributed by atoms with Gasteiger partial charge in [-0.25, -0.2) is 9.78 Å². The van der Waals surface area contributed by atoms with Crippen molar-refractivity contribution in [3.05, 3.63) is 35.0 Å². The Labute approximate surface area is 129 Å². The smallest absolute Gasteiger partial charge is 0.343 e. The monoisotopic (exact) mass is 319 g/mol. The maximum absolute atomic E-state index is 12.0. The van der Waals surface area contributed by atoms with Gasteiger partial charge in [-0.15, -0.1) is 11.3 Å². The van der Waals surface area contributed by atoms with E-state index in [1.807, 2.05) is 23.7 Å². The maximum atomic E-state index is 12.0. The number of carbonyl (C=O) groups is 1. The van der Waals surface area contributed by atoms with Crippen LogP contribution >= 0.6 is 22.9 Å². The summed E-state index contributed by atoms with van der Waals surface area (Å²) in [6, 6.07) is 5.90. The van der Waals surface area contributed by atoms with Crippen molar-refractivity contribution in [1.29, 1.82) is 0 Å². The average Bonchev–Trinajstić information content (AvgIpc) is 3.05. The second kappa shape index (κ2) is 5.79. The minimum atomic E-state index is -0.342. The van der Waals surface area contributed by atoms with Crippen LogP contribution in [0.3, 0.4) is 0 Å². The molecule has 3 rings (SSSR count). The van der Waals surface area contributed by atoms with Gasteiger partial charge in [-0.05, 0) is 43.6 Å². The molecule has 0 saturated carbocycles. The Morgan fingerprint density at radius 2 is 2.29 bits per heavy atom. The van der Waals surface area contributed by atoms with Gasteiger partial charge < -0.3 is 10.1 Å². The van der Waals surface area contributed by atoms with E-state index in [4.69, 9.17) is 4.74 Å². The van der Waals surface area contributed by atoms with Crippen LogP contribution in [0.4, 0.5) is 10.7 Å². The Hall–Kier alpha value is -1.99. The number of esters is 1. The molecule has 0 radical (unpaired) electrons. The molecule has 2 aromatic heterocycles. The van der Waals surface area contributed by atoms with Crippen LogP contribution in [0.15, 0.2) is 23.7 Å². The number of anilines is 2. The van der Waals surface area contributed by atoms with Gasteiger partial charge in [-0.3, -0.25) is 0 Å². The molecule has 3 aromatic rings. The van der Waals surface area contributed by atoms with Crippen LogP contribution < -0.4 is 5.32 Å². The van der Waals surface area contributed by atoms with Crippen LogP contribution in [-0.4, -0.2) is 21.9 Å². The number of nitrogens with one attached hydrogen (secondary N) is 1. The van der Waals surface area contributed by atoms with Gasteiger partial charge in [0.2, 0.25) is 0 Å². The van der Waals surface area contributed by atoms with Crippen LogP contribution in [0.2, 0.25) is 0 Å². The Balaban J connectivity index is 1.92. The third kappa shape index (κ3) is 2.74. The van der Waals surface area contributed by atoms with E-state index in [2.05, 4.69) is 14.7 Å². The lowest BCUT2D eigenvalue weighted by Crippen LogP contribution is -2.07. The van der Waals surface area contributed by atoms with Gasteiger partial charge in [0.15, 0.2) is 0 Å². The van der Waals surface area contributed by atoms with Gasteiger partial charge in [0, 0.05) is 5.69 Å². The van der Waals surface area contributed by atoms with Crippen molar-refractivity contribution in [1.82, 2.24) is 9.36 Å². The van der Waals surface area contributed by atoms with Crippen LogP contribution in [0, 0.1) is 6.92 Å². The lowest BCUT2D eigenvalue weighted by Gasteiger charge is -2.07. The highest BCUT2D eigenvalue weighted by molar-refractivity contribution is 7.16. The third-order valence-corrected chi connectivity index (χ3v) is 4.58. The lowest BCUT2D eigenvalue weighted by atomic mass is 10.2. The zero-order valence-corrected chi connectivity index (χ0v) is 13.2. The SMILES string of the molecule is CCOC(=O)c1c(C)nsc1Nc1ccc2ncsc2c1. The van der Waals surface area contributed by atoms with E-state index in [1.54, 1.807) is 25.2 Å². The molecular weight excluding hydrogens is 306 g/mol. The van der Waals surface area contributed by atoms with Crippen LogP contribution in [-0.2, 0) is 4.74 Å². The number of hydrogen-bond acceptors (Lipinski definition) is 7. The highest BCUT2D eigenvalue weighted by Gasteiger charge is 2.19. The van der Waals surface area contributed by atoms with Gasteiger partial charge >= 0.3 is 5.97 Å². The number of rotatable bonds is 4. The Kier molecular flexibility index (Phi) is 3.85. The molecular formula is C14H13N3O2S2. The van der Waals surface area contributed by atoms with Crippen molar-refractivity contribution in [2.75, 3.05) is 11.9 Å². The predicted octanol–water partition coefficient (Wildman–Crippen LogP) is 3.98. The highest BCUT2D eigenvalue weighted by atomic mass is 32.1. The molecule has 0 atom stereocenters. The lowest BCUT2D eigenvalue weighted by molar-refractivity contribution is 0.0527. The molecule has 1 N–H and O–H groups in total. The van der Waals surface area contributed by atoms with E-state index in [9.17, 15) is 4.79 Å². The number of ether oxygens (including phenoxy) is 1. The quantitative estimate of drug-likeness (QED) is 0.737. The largest absolute Gasteiger partial charge is 0.462 e. The van der Waals surface area contributed by atoms with Gasteiger partial charge in [-0.2, -0.15) is 4.37 Å². The molecule has 108 valence electrons. The summed E-state index contributed by atoms with van der Waals surface area (Å²) in [5, 5.41) is 3.95. The Bertz CT molecular complexity index is 794. The van der Waals surface area contributed by atoms with E-state index in [-0.39, 0.29) is 5.97 Å². The molecule has 0 saturated heterocycles. The number of fused-ring (bicyclic) bond motifs is 1. The van der Waals surface area contributed by atoms with Crippen molar-refractivity contribution in [3.8, 4) is 0 Å². The normalized spacial score (nSPS) is 10.8. The number of thiazole rings is 1. The fraction of sp³-hybridized carbons (Fsp3) is 0.214. The van der Waals surface area contributed by atoms with Crippen molar-refractivity contribution < 1.29 is 9.53 Å². The molecule has 1 aromatic carbocycles. The van der Waals surface area contributed by atoms with Crippen molar-refractivity contribution in [2.45, 2.75) is 13.8 Å². The zero-order chi connectivity index (χ0) is 14.8. The van der Waals surface area contributed by atoms with E-state index >= 15 is 0 Å². The fourth-order valence-electron chi connectivity index (χ4n) is 1.96. The first-order valence-corrected chi connectivity index (χ1v) is 8.08. The third-order valence-electron chi connectivity index (χ3n) is 2.93. The van der Waals surface area contributed by atoms with Crippen molar-refractivity contribution in [2.24, 2.45) is 0 Å². The Morgan fingerprint density at radius 3 is 3.10 bits per heavy atom. The molecule has 0 aliphatic carbocycles. The molecule has 0 unspecified atom stereocenters. The summed E-state index contributed by atoms with van der Waals surface area (Å²) in [5.74, 6) is -0.342. The number of aryl methyl sites for hydroxylation is 1. The number of benzene rings is 1. The first kappa shape index (κ1) is 14.0. The molecule has 0 aliphatic heterocycles. The van der Waals surface area contributed by atoms with Crippen LogP contribution in [0.5, 0.6) is 0 Å². The molecule has 5 nitrogen and oxygen atoms in total. The van der Waals surface area contributed by atoms with Crippen LogP contribution in [0.25, 0.3) is 10.2 Å². The number of hydrogen-bond donors (Lipinski definition) is 1. The minimum Gasteiger partial charge on any atom is -0.462 e. The molecule has 0 amide bonds. The summed E-state index contributed by atoms with van der Waals surface area (Å²) >= 11 is 2.84. The summed E-state index contributed by atoms with van der Waals surface area (Å²) < 4.78 is 10.4. The number of nitrogens with zero attached hydrogens (tertiary/aromatic N) is 2. The summed E-state index contributed by atoms with van der Waals surface area (Å²) in [6.07, 6.45) is 0. The topological polar surface area (TPSA) is 64.1 Å². The predicted molar refractivity (Wildman–Crippen MR) is 85.7 cm³/mol. The van der Waals surface area contributed by atoms with Gasteiger partial charge in [0.05, 0.1) is 28.0 Å². The minimum absolute atomic E-state index is 0.342. The van der Waals surface area contributed by atoms with E-state index < -0.39 is 0 Å². The molecule has 0 bridgehead atoms. The summed E-state index contributed by atoms with van der Waals surface area (Å²) in [7, 11) is 0. The molecule has 7 heteroatoms. The van der Waals surface area contributed by atoms with Gasteiger partial charge in [0.1, 0.15) is 10.6 Å². The first-order valence-electron chi connectivity index (χ1n) is 6.42. The van der Waals surface area contributed by atoms with Crippen LogP contribution in [0.1, 0.15) is 23.0 Å². The van der Waals surface area contributed by atoms with Crippen molar-refractivity contribution in [3.63, 3.8) is 0 Å². The Morgan fingerprint density at radius 1 is 1.43 bits per heavy atom. The first-order chi connectivity index (χ1) is 10.2. The summed E-state index contributed by atoms with van der Waals surface area (Å²) in [5.41, 5.74) is 4.87. The standard InChI is InChI=1S/C14H13N3O2S2/c1-3-19-14(18)12-8(2)17-21-13(12)16-9-4-5-10-11(6-9)20-7-15-10/h4-7,16H,3H2,1-2H3. The van der Waals surface area contributed by atoms with E-state index in [1.165, 1.54) is 11.5 Å². The van der Waals surface area contributed by atoms with Gasteiger partial charge in [-0.1, -0.05) is 0 Å². The molecule has 21 heavy (non-hydrogen) atoms. The average molecular weight is 319 g/mol. The molecule has 0 aliphatic rings. The summed E-state index contributed by atoms with van der Waals surface area (Å²) in [4.78, 5) is 16.3. The maximum Gasteiger partial charge on any atom is 0.343 e. The molecule has 0 spiro atoms. The summed E-state index contributed by atoms with van der Waals surface area (Å²) in [6.45, 7) is 3.94. The molecule has 0 fully saturated rings. The zero-order valence-electron chi connectivity index (χ0n) is 11.5. The second-order valence-electron chi connectivity index (χ2n) is 4.35. The number of aromatic nitrogens is 2.